The van der Waals surface area contributed by atoms with Crippen LogP contribution in [0.4, 0.5) is 0 Å². The van der Waals surface area contributed by atoms with Gasteiger partial charge in [-0.25, -0.2) is 0 Å². The van der Waals surface area contributed by atoms with Crippen molar-refractivity contribution in [2.45, 2.75) is 31.8 Å². The average molecular weight is 251 g/mol. The van der Waals surface area contributed by atoms with E-state index in [0.29, 0.717) is 0 Å². The topological polar surface area (TPSA) is 105 Å². The molecular formula is C12H17N3O3. The van der Waals surface area contributed by atoms with Gasteiger partial charge in [-0.3, -0.25) is 14.6 Å². The summed E-state index contributed by atoms with van der Waals surface area (Å²) in [6.45, 7) is 1.82. The third-order valence-corrected chi connectivity index (χ3v) is 2.55. The summed E-state index contributed by atoms with van der Waals surface area (Å²) < 4.78 is 0. The number of aromatic nitrogens is 1. The molecule has 1 rings (SSSR count). The summed E-state index contributed by atoms with van der Waals surface area (Å²) in [6, 6.07) is 2.62. The van der Waals surface area contributed by atoms with Crippen molar-refractivity contribution in [1.82, 2.24) is 10.3 Å². The van der Waals surface area contributed by atoms with Gasteiger partial charge < -0.3 is 16.2 Å². The molecule has 1 aromatic rings. The predicted molar refractivity (Wildman–Crippen MR) is 65.6 cm³/mol. The van der Waals surface area contributed by atoms with E-state index in [4.69, 9.17) is 10.8 Å². The van der Waals surface area contributed by atoms with Crippen LogP contribution in [0.25, 0.3) is 0 Å². The summed E-state index contributed by atoms with van der Waals surface area (Å²) >= 11 is 0. The number of nitrogens with zero attached hydrogens (tertiary/aromatic N) is 1. The number of carbonyl (C=O) groups excluding carboxylic acids is 1. The van der Waals surface area contributed by atoms with Crippen LogP contribution in [-0.2, 0) is 9.59 Å². The summed E-state index contributed by atoms with van der Waals surface area (Å²) in [4.78, 5) is 26.0. The monoisotopic (exact) mass is 251 g/mol. The van der Waals surface area contributed by atoms with E-state index in [9.17, 15) is 9.59 Å². The van der Waals surface area contributed by atoms with Gasteiger partial charge in [-0.2, -0.15) is 0 Å². The number of nitrogens with two attached hydrogens (primary N) is 1. The lowest BCUT2D eigenvalue weighted by Gasteiger charge is -2.17. The average Bonchev–Trinajstić information content (AvgIpc) is 2.36. The van der Waals surface area contributed by atoms with Gasteiger partial charge in [-0.05, 0) is 25.0 Å². The molecular weight excluding hydrogens is 234 g/mol. The van der Waals surface area contributed by atoms with Gasteiger partial charge in [0.25, 0.3) is 0 Å². The first kappa shape index (κ1) is 14.1. The van der Waals surface area contributed by atoms with Gasteiger partial charge in [-0.15, -0.1) is 0 Å². The molecule has 1 aromatic heterocycles. The first-order valence-corrected chi connectivity index (χ1v) is 5.68. The van der Waals surface area contributed by atoms with Gasteiger partial charge >= 0.3 is 5.97 Å². The number of pyridine rings is 1. The first-order chi connectivity index (χ1) is 8.50. The second-order valence-corrected chi connectivity index (χ2v) is 4.06. The highest BCUT2D eigenvalue weighted by Crippen LogP contribution is 2.10. The third kappa shape index (κ3) is 4.50. The van der Waals surface area contributed by atoms with Crippen molar-refractivity contribution in [3.05, 3.63) is 30.1 Å². The SMILES string of the molecule is C[C@@H](NC(=O)C(N)CCC(=O)O)c1cccnc1. The summed E-state index contributed by atoms with van der Waals surface area (Å²) in [6.07, 6.45) is 3.32. The number of carbonyl (C=O) groups is 2. The molecule has 0 aliphatic carbocycles. The number of rotatable bonds is 6. The van der Waals surface area contributed by atoms with Crippen molar-refractivity contribution in [1.29, 1.82) is 0 Å². The number of amides is 1. The van der Waals surface area contributed by atoms with Crippen molar-refractivity contribution in [3.8, 4) is 0 Å². The lowest BCUT2D eigenvalue weighted by molar-refractivity contribution is -0.137. The molecule has 0 aliphatic rings. The van der Waals surface area contributed by atoms with E-state index in [1.165, 1.54) is 0 Å². The zero-order valence-corrected chi connectivity index (χ0v) is 10.2. The number of nitrogens with one attached hydrogen (secondary N) is 1. The van der Waals surface area contributed by atoms with Gasteiger partial charge in [-0.1, -0.05) is 6.07 Å². The maximum Gasteiger partial charge on any atom is 0.303 e. The standard InChI is InChI=1S/C12H17N3O3/c1-8(9-3-2-6-14-7-9)15-12(18)10(13)4-5-11(16)17/h2-3,6-8,10H,4-5,13H2,1H3,(H,15,18)(H,16,17)/t8-,10?/m1/s1. The Morgan fingerprint density at radius 3 is 2.83 bits per heavy atom. The zero-order valence-electron chi connectivity index (χ0n) is 10.2. The van der Waals surface area contributed by atoms with E-state index >= 15 is 0 Å². The van der Waals surface area contributed by atoms with Crippen molar-refractivity contribution in [2.24, 2.45) is 5.73 Å². The minimum Gasteiger partial charge on any atom is -0.481 e. The lowest BCUT2D eigenvalue weighted by atomic mass is 10.1. The predicted octanol–water partition coefficient (Wildman–Crippen LogP) is 0.451. The highest BCUT2D eigenvalue weighted by atomic mass is 16.4. The summed E-state index contributed by atoms with van der Waals surface area (Å²) in [5.74, 6) is -1.31. The maximum atomic E-state index is 11.7. The molecule has 18 heavy (non-hydrogen) atoms. The molecule has 1 heterocycles. The maximum absolute atomic E-state index is 11.7. The quantitative estimate of drug-likeness (QED) is 0.680. The number of hydrogen-bond acceptors (Lipinski definition) is 4. The Hall–Kier alpha value is -1.95. The summed E-state index contributed by atoms with van der Waals surface area (Å²) in [7, 11) is 0. The molecule has 6 nitrogen and oxygen atoms in total. The second kappa shape index (κ2) is 6.70. The Kier molecular flexibility index (Phi) is 5.26. The molecule has 0 bridgehead atoms. The molecule has 1 amide bonds. The van der Waals surface area contributed by atoms with Gasteiger partial charge in [0.15, 0.2) is 0 Å². The Morgan fingerprint density at radius 2 is 2.28 bits per heavy atom. The zero-order chi connectivity index (χ0) is 13.5. The minimum atomic E-state index is -0.960. The van der Waals surface area contributed by atoms with Crippen LogP contribution in [-0.4, -0.2) is 28.0 Å². The number of hydrogen-bond donors (Lipinski definition) is 3. The van der Waals surface area contributed by atoms with Crippen LogP contribution in [0.2, 0.25) is 0 Å². The molecule has 98 valence electrons. The van der Waals surface area contributed by atoms with Gasteiger partial charge in [0, 0.05) is 18.8 Å². The van der Waals surface area contributed by atoms with E-state index in [2.05, 4.69) is 10.3 Å². The Bertz CT molecular complexity index is 408. The van der Waals surface area contributed by atoms with Gasteiger partial charge in [0.2, 0.25) is 5.91 Å². The second-order valence-electron chi connectivity index (χ2n) is 4.06. The number of carboxylic acid groups (broad SMARTS) is 1. The molecule has 0 saturated heterocycles. The van der Waals surface area contributed by atoms with E-state index in [0.717, 1.165) is 5.56 Å². The Morgan fingerprint density at radius 1 is 1.56 bits per heavy atom. The van der Waals surface area contributed by atoms with Crippen LogP contribution in [0.3, 0.4) is 0 Å². The summed E-state index contributed by atoms with van der Waals surface area (Å²) in [5.41, 5.74) is 6.47. The van der Waals surface area contributed by atoms with Gasteiger partial charge in [0.05, 0.1) is 12.1 Å². The first-order valence-electron chi connectivity index (χ1n) is 5.68. The fourth-order valence-corrected chi connectivity index (χ4v) is 1.45. The van der Waals surface area contributed by atoms with E-state index in [1.807, 2.05) is 13.0 Å². The molecule has 6 heteroatoms. The fourth-order valence-electron chi connectivity index (χ4n) is 1.45. The molecule has 0 aliphatic heterocycles. The van der Waals surface area contributed by atoms with Gasteiger partial charge in [0.1, 0.15) is 0 Å². The van der Waals surface area contributed by atoms with Crippen molar-refractivity contribution >= 4 is 11.9 Å². The summed E-state index contributed by atoms with van der Waals surface area (Å²) in [5, 5.41) is 11.2. The highest BCUT2D eigenvalue weighted by molar-refractivity contribution is 5.82. The Labute approximate surface area is 105 Å². The highest BCUT2D eigenvalue weighted by Gasteiger charge is 2.17. The van der Waals surface area contributed by atoms with Crippen LogP contribution in [0.1, 0.15) is 31.4 Å². The number of carboxylic acids is 1. The minimum absolute atomic E-state index is 0.115. The van der Waals surface area contributed by atoms with E-state index in [-0.39, 0.29) is 24.8 Å². The molecule has 0 fully saturated rings. The fraction of sp³-hybridized carbons (Fsp3) is 0.417. The molecule has 2 atom stereocenters. The van der Waals surface area contributed by atoms with Crippen LogP contribution >= 0.6 is 0 Å². The molecule has 0 saturated carbocycles. The normalized spacial score (nSPS) is 13.7. The smallest absolute Gasteiger partial charge is 0.303 e. The van der Waals surface area contributed by atoms with Crippen LogP contribution in [0.15, 0.2) is 24.5 Å². The van der Waals surface area contributed by atoms with Crippen molar-refractivity contribution in [3.63, 3.8) is 0 Å². The largest absolute Gasteiger partial charge is 0.481 e. The van der Waals surface area contributed by atoms with Crippen LogP contribution in [0.5, 0.6) is 0 Å². The van der Waals surface area contributed by atoms with E-state index in [1.54, 1.807) is 18.5 Å². The van der Waals surface area contributed by atoms with E-state index < -0.39 is 12.0 Å². The Balaban J connectivity index is 2.46. The lowest BCUT2D eigenvalue weighted by Crippen LogP contribution is -2.41. The van der Waals surface area contributed by atoms with Crippen molar-refractivity contribution in [2.75, 3.05) is 0 Å². The van der Waals surface area contributed by atoms with Crippen LogP contribution in [0, 0.1) is 0 Å². The molecule has 0 spiro atoms. The third-order valence-electron chi connectivity index (χ3n) is 2.55. The van der Waals surface area contributed by atoms with Crippen LogP contribution < -0.4 is 11.1 Å². The number of aliphatic carboxylic acids is 1. The molecule has 1 unspecified atom stereocenters. The van der Waals surface area contributed by atoms with Crippen molar-refractivity contribution < 1.29 is 14.7 Å². The molecule has 0 aromatic carbocycles. The molecule has 0 radical (unpaired) electrons. The molecule has 4 N–H and O–H groups in total.